The summed E-state index contributed by atoms with van der Waals surface area (Å²) >= 11 is 0. The van der Waals surface area contributed by atoms with E-state index >= 15 is 0 Å². The van der Waals surface area contributed by atoms with E-state index in [0.717, 1.165) is 6.54 Å². The lowest BCUT2D eigenvalue weighted by molar-refractivity contribution is -0.120. The molecule has 1 rings (SSSR count). The monoisotopic (exact) mass is 184 g/mol. The second kappa shape index (κ2) is 5.97. The van der Waals surface area contributed by atoms with Gasteiger partial charge in [0.25, 0.3) is 0 Å². The highest BCUT2D eigenvalue weighted by molar-refractivity contribution is 5.75. The van der Waals surface area contributed by atoms with Gasteiger partial charge in [-0.05, 0) is 12.8 Å². The van der Waals surface area contributed by atoms with Crippen LogP contribution in [0.15, 0.2) is 0 Å². The summed E-state index contributed by atoms with van der Waals surface area (Å²) in [6, 6.07) is 0.665. The summed E-state index contributed by atoms with van der Waals surface area (Å²) in [5.41, 5.74) is 0. The van der Waals surface area contributed by atoms with Gasteiger partial charge in [-0.15, -0.1) is 0 Å². The first-order valence-electron chi connectivity index (χ1n) is 5.27. The highest BCUT2D eigenvalue weighted by atomic mass is 16.1. The van der Waals surface area contributed by atoms with Crippen LogP contribution in [0.3, 0.4) is 0 Å². The second-order valence-electron chi connectivity index (χ2n) is 3.71. The van der Waals surface area contributed by atoms with Gasteiger partial charge in [0.2, 0.25) is 5.91 Å². The van der Waals surface area contributed by atoms with Crippen LogP contribution in [0.25, 0.3) is 0 Å². The normalized spacial score (nSPS) is 18.5. The Bertz CT molecular complexity index is 153. The van der Waals surface area contributed by atoms with Crippen LogP contribution in [0.1, 0.15) is 38.5 Å². The molecule has 3 nitrogen and oxygen atoms in total. The molecule has 3 heteroatoms. The molecule has 0 aromatic heterocycles. The molecule has 1 aliphatic carbocycles. The molecule has 0 unspecified atom stereocenters. The Kier molecular flexibility index (Phi) is 4.83. The smallest absolute Gasteiger partial charge is 0.221 e. The zero-order valence-corrected chi connectivity index (χ0v) is 8.44. The molecule has 13 heavy (non-hydrogen) atoms. The molecule has 0 atom stereocenters. The first-order valence-corrected chi connectivity index (χ1v) is 5.27. The van der Waals surface area contributed by atoms with Gasteiger partial charge in [0.05, 0.1) is 0 Å². The van der Waals surface area contributed by atoms with Crippen molar-refractivity contribution in [1.82, 2.24) is 10.6 Å². The van der Waals surface area contributed by atoms with Gasteiger partial charge in [-0.2, -0.15) is 0 Å². The van der Waals surface area contributed by atoms with Crippen molar-refractivity contribution in [3.63, 3.8) is 0 Å². The summed E-state index contributed by atoms with van der Waals surface area (Å²) in [5, 5.41) is 6.05. The molecule has 0 aromatic carbocycles. The maximum atomic E-state index is 10.9. The summed E-state index contributed by atoms with van der Waals surface area (Å²) in [7, 11) is 1.68. The molecule has 0 radical (unpaired) electrons. The summed E-state index contributed by atoms with van der Waals surface area (Å²) in [5.74, 6) is 0.128. The first-order chi connectivity index (χ1) is 6.33. The number of nitrogens with one attached hydrogen (secondary N) is 2. The lowest BCUT2D eigenvalue weighted by Gasteiger charge is -2.22. The van der Waals surface area contributed by atoms with E-state index in [0.29, 0.717) is 12.5 Å². The number of rotatable bonds is 4. The second-order valence-corrected chi connectivity index (χ2v) is 3.71. The van der Waals surface area contributed by atoms with E-state index in [1.807, 2.05) is 0 Å². The minimum absolute atomic E-state index is 0.128. The fraction of sp³-hybridized carbons (Fsp3) is 0.900. The van der Waals surface area contributed by atoms with Crippen molar-refractivity contribution in [2.24, 2.45) is 0 Å². The van der Waals surface area contributed by atoms with E-state index in [4.69, 9.17) is 0 Å². The number of carbonyl (C=O) groups is 1. The van der Waals surface area contributed by atoms with Crippen LogP contribution in [0.4, 0.5) is 0 Å². The molecule has 0 spiro atoms. The topological polar surface area (TPSA) is 41.1 Å². The number of hydrogen-bond donors (Lipinski definition) is 2. The average molecular weight is 184 g/mol. The molecule has 0 bridgehead atoms. The molecule has 2 N–H and O–H groups in total. The Hall–Kier alpha value is -0.570. The van der Waals surface area contributed by atoms with Crippen LogP contribution in [-0.4, -0.2) is 25.5 Å². The van der Waals surface area contributed by atoms with E-state index < -0.39 is 0 Å². The van der Waals surface area contributed by atoms with Crippen molar-refractivity contribution in [2.45, 2.75) is 44.6 Å². The van der Waals surface area contributed by atoms with Gasteiger partial charge in [-0.1, -0.05) is 19.3 Å². The predicted octanol–water partition coefficient (Wildman–Crippen LogP) is 1.04. The molecule has 0 saturated heterocycles. The highest BCUT2D eigenvalue weighted by Crippen LogP contribution is 2.16. The average Bonchev–Trinajstić information content (AvgIpc) is 2.19. The molecule has 1 saturated carbocycles. The van der Waals surface area contributed by atoms with E-state index in [2.05, 4.69) is 10.6 Å². The Balaban J connectivity index is 2.01. The quantitative estimate of drug-likeness (QED) is 0.685. The van der Waals surface area contributed by atoms with Crippen LogP contribution in [0.5, 0.6) is 0 Å². The van der Waals surface area contributed by atoms with E-state index in [9.17, 15) is 4.79 Å². The molecule has 0 aliphatic heterocycles. The summed E-state index contributed by atoms with van der Waals surface area (Å²) in [4.78, 5) is 10.9. The zero-order chi connectivity index (χ0) is 9.52. The van der Waals surface area contributed by atoms with Crippen LogP contribution in [0, 0.1) is 0 Å². The van der Waals surface area contributed by atoms with Gasteiger partial charge in [0.1, 0.15) is 0 Å². The SMILES string of the molecule is CNC(=O)CCNC1CCCCC1. The minimum Gasteiger partial charge on any atom is -0.359 e. The van der Waals surface area contributed by atoms with Crippen molar-refractivity contribution in [3.8, 4) is 0 Å². The van der Waals surface area contributed by atoms with Crippen LogP contribution in [0.2, 0.25) is 0 Å². The maximum Gasteiger partial charge on any atom is 0.221 e. The fourth-order valence-electron chi connectivity index (χ4n) is 1.82. The van der Waals surface area contributed by atoms with E-state index in [1.165, 1.54) is 32.1 Å². The molecule has 1 fully saturated rings. The molecule has 1 amide bonds. The van der Waals surface area contributed by atoms with Gasteiger partial charge in [0.15, 0.2) is 0 Å². The maximum absolute atomic E-state index is 10.9. The van der Waals surface area contributed by atoms with Crippen molar-refractivity contribution in [2.75, 3.05) is 13.6 Å². The molecule has 76 valence electrons. The number of carbonyl (C=O) groups excluding carboxylic acids is 1. The molecule has 0 aromatic rings. The zero-order valence-electron chi connectivity index (χ0n) is 8.44. The molecular formula is C10H20N2O. The van der Waals surface area contributed by atoms with Gasteiger partial charge in [0, 0.05) is 26.1 Å². The van der Waals surface area contributed by atoms with Crippen LogP contribution in [-0.2, 0) is 4.79 Å². The Morgan fingerprint density at radius 1 is 1.31 bits per heavy atom. The fourth-order valence-corrected chi connectivity index (χ4v) is 1.82. The van der Waals surface area contributed by atoms with Crippen molar-refractivity contribution >= 4 is 5.91 Å². The van der Waals surface area contributed by atoms with Gasteiger partial charge in [-0.25, -0.2) is 0 Å². The summed E-state index contributed by atoms with van der Waals surface area (Å²) in [6.07, 6.45) is 7.25. The largest absolute Gasteiger partial charge is 0.359 e. The highest BCUT2D eigenvalue weighted by Gasteiger charge is 2.12. The third-order valence-electron chi connectivity index (χ3n) is 2.67. The predicted molar refractivity (Wildman–Crippen MR) is 53.6 cm³/mol. The lowest BCUT2D eigenvalue weighted by atomic mass is 9.95. The number of hydrogen-bond acceptors (Lipinski definition) is 2. The van der Waals surface area contributed by atoms with Crippen molar-refractivity contribution < 1.29 is 4.79 Å². The standard InChI is InChI=1S/C10H20N2O/c1-11-10(13)7-8-12-9-5-3-2-4-6-9/h9,12H,2-8H2,1H3,(H,11,13). The Labute approximate surface area is 80.3 Å². The van der Waals surface area contributed by atoms with Crippen LogP contribution >= 0.6 is 0 Å². The third-order valence-corrected chi connectivity index (χ3v) is 2.67. The summed E-state index contributed by atoms with van der Waals surface area (Å²) in [6.45, 7) is 0.824. The number of amides is 1. The first kappa shape index (κ1) is 10.5. The summed E-state index contributed by atoms with van der Waals surface area (Å²) < 4.78 is 0. The van der Waals surface area contributed by atoms with Crippen molar-refractivity contribution in [1.29, 1.82) is 0 Å². The molecule has 0 heterocycles. The Morgan fingerprint density at radius 3 is 2.62 bits per heavy atom. The van der Waals surface area contributed by atoms with Gasteiger partial charge >= 0.3 is 0 Å². The van der Waals surface area contributed by atoms with Crippen LogP contribution < -0.4 is 10.6 Å². The van der Waals surface area contributed by atoms with E-state index in [1.54, 1.807) is 7.05 Å². The van der Waals surface area contributed by atoms with E-state index in [-0.39, 0.29) is 5.91 Å². The molecular weight excluding hydrogens is 164 g/mol. The lowest BCUT2D eigenvalue weighted by Crippen LogP contribution is -2.34. The minimum atomic E-state index is 0.128. The van der Waals surface area contributed by atoms with Crippen molar-refractivity contribution in [3.05, 3.63) is 0 Å². The molecule has 1 aliphatic rings. The Morgan fingerprint density at radius 2 is 2.00 bits per heavy atom. The van der Waals surface area contributed by atoms with Gasteiger partial charge < -0.3 is 10.6 Å². The van der Waals surface area contributed by atoms with Gasteiger partial charge in [-0.3, -0.25) is 4.79 Å². The third kappa shape index (κ3) is 4.27.